The number of hydrogen-bond acceptors (Lipinski definition) is 3. The number of aryl methyl sites for hydroxylation is 1. The summed E-state index contributed by atoms with van der Waals surface area (Å²) in [5.41, 5.74) is 2.00. The molecule has 0 bridgehead atoms. The largest absolute Gasteiger partial charge is 0.278 e. The topological polar surface area (TPSA) is 46.2 Å². The van der Waals surface area contributed by atoms with Gasteiger partial charge in [-0.25, -0.2) is 12.8 Å². The fourth-order valence-electron chi connectivity index (χ4n) is 2.65. The van der Waals surface area contributed by atoms with Crippen LogP contribution in [0.2, 0.25) is 5.02 Å². The number of hydrogen-bond donors (Lipinski definition) is 1. The van der Waals surface area contributed by atoms with E-state index in [-0.39, 0.29) is 15.5 Å². The molecule has 3 rings (SSSR count). The lowest BCUT2D eigenvalue weighted by atomic mass is 10.1. The molecule has 0 saturated heterocycles. The number of rotatable bonds is 6. The lowest BCUT2D eigenvalue weighted by Gasteiger charge is -2.11. The minimum Gasteiger partial charge on any atom is -0.278 e. The quantitative estimate of drug-likeness (QED) is 0.545. The molecule has 3 aromatic rings. The molecule has 0 atom stereocenters. The average Bonchev–Trinajstić information content (AvgIpc) is 3.03. The number of anilines is 1. The van der Waals surface area contributed by atoms with Crippen molar-refractivity contribution in [2.24, 2.45) is 0 Å². The monoisotopic (exact) mass is 409 g/mol. The molecule has 0 unspecified atom stereocenters. The van der Waals surface area contributed by atoms with Crippen LogP contribution in [0.4, 0.5) is 10.1 Å². The van der Waals surface area contributed by atoms with E-state index in [4.69, 9.17) is 11.6 Å². The zero-order chi connectivity index (χ0) is 18.7. The number of halogens is 2. The van der Waals surface area contributed by atoms with Gasteiger partial charge in [-0.1, -0.05) is 43.1 Å². The fraction of sp³-hybridized carbons (Fsp3) is 0.158. The van der Waals surface area contributed by atoms with Crippen LogP contribution in [0.25, 0.3) is 11.1 Å². The molecular weight excluding hydrogens is 393 g/mol. The highest BCUT2D eigenvalue weighted by Crippen LogP contribution is 2.38. The normalized spacial score (nSPS) is 11.5. The molecule has 0 radical (unpaired) electrons. The standard InChI is InChI=1S/C19H17ClFNO2S2/c1-2-4-13-7-9-14(10-8-13)26(23,24)22-18-12-25-11-15(18)19-16(20)5-3-6-17(19)21/h3,5-12,22H,2,4H2,1H3. The minimum absolute atomic E-state index is 0.161. The van der Waals surface area contributed by atoms with Crippen molar-refractivity contribution in [3.8, 4) is 11.1 Å². The molecule has 26 heavy (non-hydrogen) atoms. The second-order valence-electron chi connectivity index (χ2n) is 5.80. The van der Waals surface area contributed by atoms with Crippen molar-refractivity contribution in [2.75, 3.05) is 4.72 Å². The SMILES string of the molecule is CCCc1ccc(S(=O)(=O)Nc2cscc2-c2c(F)cccc2Cl)cc1. The molecule has 1 aromatic heterocycles. The molecule has 1 heterocycles. The second kappa shape index (κ2) is 7.78. The molecule has 0 aliphatic heterocycles. The van der Waals surface area contributed by atoms with E-state index in [9.17, 15) is 12.8 Å². The van der Waals surface area contributed by atoms with Crippen molar-refractivity contribution in [3.05, 3.63) is 69.6 Å². The Hall–Kier alpha value is -1.89. The summed E-state index contributed by atoms with van der Waals surface area (Å²) in [4.78, 5) is 0.161. The van der Waals surface area contributed by atoms with Crippen LogP contribution >= 0.6 is 22.9 Å². The Morgan fingerprint density at radius 3 is 2.50 bits per heavy atom. The Labute approximate surface area is 161 Å². The summed E-state index contributed by atoms with van der Waals surface area (Å²) >= 11 is 7.39. The van der Waals surface area contributed by atoms with Crippen molar-refractivity contribution in [1.82, 2.24) is 0 Å². The van der Waals surface area contributed by atoms with Gasteiger partial charge in [-0.3, -0.25) is 4.72 Å². The van der Waals surface area contributed by atoms with Crippen LogP contribution in [0.3, 0.4) is 0 Å². The van der Waals surface area contributed by atoms with Crippen molar-refractivity contribution >= 4 is 38.6 Å². The van der Waals surface area contributed by atoms with Gasteiger partial charge in [0, 0.05) is 21.9 Å². The first-order chi connectivity index (χ1) is 12.4. The van der Waals surface area contributed by atoms with Crippen LogP contribution in [0.15, 0.2) is 58.1 Å². The summed E-state index contributed by atoms with van der Waals surface area (Å²) in [6.07, 6.45) is 1.89. The summed E-state index contributed by atoms with van der Waals surface area (Å²) < 4.78 is 42.1. The number of sulfonamides is 1. The first kappa shape index (κ1) is 18.9. The van der Waals surface area contributed by atoms with Gasteiger partial charge < -0.3 is 0 Å². The molecule has 7 heteroatoms. The molecule has 0 fully saturated rings. The van der Waals surface area contributed by atoms with Gasteiger partial charge in [-0.15, -0.1) is 11.3 Å². The van der Waals surface area contributed by atoms with Gasteiger partial charge in [0.05, 0.1) is 15.6 Å². The van der Waals surface area contributed by atoms with E-state index < -0.39 is 15.8 Å². The van der Waals surface area contributed by atoms with Crippen molar-refractivity contribution in [3.63, 3.8) is 0 Å². The summed E-state index contributed by atoms with van der Waals surface area (Å²) in [7, 11) is -3.78. The van der Waals surface area contributed by atoms with E-state index in [0.29, 0.717) is 11.3 Å². The predicted octanol–water partition coefficient (Wildman–Crippen LogP) is 5.96. The summed E-state index contributed by atoms with van der Waals surface area (Å²) in [5, 5.41) is 3.53. The lowest BCUT2D eigenvalue weighted by molar-refractivity contribution is 0.601. The van der Waals surface area contributed by atoms with Gasteiger partial charge in [0.15, 0.2) is 0 Å². The highest BCUT2D eigenvalue weighted by molar-refractivity contribution is 7.92. The maximum Gasteiger partial charge on any atom is 0.261 e. The number of thiophene rings is 1. The van der Waals surface area contributed by atoms with E-state index in [1.54, 1.807) is 41.1 Å². The highest BCUT2D eigenvalue weighted by Gasteiger charge is 2.20. The maximum absolute atomic E-state index is 14.2. The van der Waals surface area contributed by atoms with Crippen LogP contribution in [0.5, 0.6) is 0 Å². The zero-order valence-corrected chi connectivity index (χ0v) is 16.4. The lowest BCUT2D eigenvalue weighted by Crippen LogP contribution is -2.13. The molecule has 0 spiro atoms. The molecule has 2 aromatic carbocycles. The smallest absolute Gasteiger partial charge is 0.261 e. The Balaban J connectivity index is 1.93. The average molecular weight is 410 g/mol. The van der Waals surface area contributed by atoms with Crippen molar-refractivity contribution in [2.45, 2.75) is 24.7 Å². The van der Waals surface area contributed by atoms with Gasteiger partial charge in [-0.05, 0) is 36.2 Å². The summed E-state index contributed by atoms with van der Waals surface area (Å²) in [6, 6.07) is 11.1. The Bertz CT molecular complexity index is 994. The van der Waals surface area contributed by atoms with Gasteiger partial charge >= 0.3 is 0 Å². The molecule has 136 valence electrons. The Morgan fingerprint density at radius 1 is 1.12 bits per heavy atom. The van der Waals surface area contributed by atoms with Gasteiger partial charge in [0.25, 0.3) is 10.0 Å². The zero-order valence-electron chi connectivity index (χ0n) is 14.0. The molecular formula is C19H17ClFNO2S2. The molecule has 0 aliphatic rings. The molecule has 1 N–H and O–H groups in total. The van der Waals surface area contributed by atoms with E-state index >= 15 is 0 Å². The first-order valence-electron chi connectivity index (χ1n) is 8.04. The van der Waals surface area contributed by atoms with E-state index in [1.807, 2.05) is 0 Å². The third-order valence-corrected chi connectivity index (χ3v) is 6.35. The van der Waals surface area contributed by atoms with E-state index in [1.165, 1.54) is 23.5 Å². The summed E-state index contributed by atoms with van der Waals surface area (Å²) in [6.45, 7) is 2.07. The van der Waals surface area contributed by atoms with Gasteiger partial charge in [0.1, 0.15) is 5.82 Å². The predicted molar refractivity (Wildman–Crippen MR) is 106 cm³/mol. The Kier molecular flexibility index (Phi) is 5.65. The first-order valence-corrected chi connectivity index (χ1v) is 10.8. The third-order valence-electron chi connectivity index (χ3n) is 3.91. The highest BCUT2D eigenvalue weighted by atomic mass is 35.5. The molecule has 3 nitrogen and oxygen atoms in total. The van der Waals surface area contributed by atoms with Crippen LogP contribution in [0.1, 0.15) is 18.9 Å². The Morgan fingerprint density at radius 2 is 1.85 bits per heavy atom. The molecule has 0 aliphatic carbocycles. The van der Waals surface area contributed by atoms with Gasteiger partial charge in [0.2, 0.25) is 0 Å². The second-order valence-corrected chi connectivity index (χ2v) is 8.63. The van der Waals surface area contributed by atoms with E-state index in [0.717, 1.165) is 18.4 Å². The van der Waals surface area contributed by atoms with Crippen LogP contribution in [-0.2, 0) is 16.4 Å². The molecule has 0 amide bonds. The van der Waals surface area contributed by atoms with Crippen molar-refractivity contribution < 1.29 is 12.8 Å². The van der Waals surface area contributed by atoms with Crippen molar-refractivity contribution in [1.29, 1.82) is 0 Å². The molecule has 0 saturated carbocycles. The van der Waals surface area contributed by atoms with Crippen LogP contribution in [0, 0.1) is 5.82 Å². The number of benzene rings is 2. The van der Waals surface area contributed by atoms with Crippen LogP contribution < -0.4 is 4.72 Å². The minimum atomic E-state index is -3.78. The fourth-order valence-corrected chi connectivity index (χ4v) is 4.83. The van der Waals surface area contributed by atoms with E-state index in [2.05, 4.69) is 11.6 Å². The maximum atomic E-state index is 14.2. The summed E-state index contributed by atoms with van der Waals surface area (Å²) in [5.74, 6) is -0.500. The van der Waals surface area contributed by atoms with Gasteiger partial charge in [-0.2, -0.15) is 0 Å². The third kappa shape index (κ3) is 3.92. The van der Waals surface area contributed by atoms with Crippen LogP contribution in [-0.4, -0.2) is 8.42 Å². The number of nitrogens with one attached hydrogen (secondary N) is 1.